The molecule has 2 N–H and O–H groups in total. The standard InChI is InChI=1S/C23H26ClN3O3S/c1-15-13-27(14-16(2)25-15)18-7-10-23(30-3)22(12-18)26-31(28,29)19-8-9-20-17(11-19)5-4-6-21(20)24/h4-12,15-16,25-26H,13-14H2,1-3H3. The second-order valence-electron chi connectivity index (χ2n) is 7.99. The molecule has 0 radical (unpaired) electrons. The third-order valence-corrected chi connectivity index (χ3v) is 7.15. The van der Waals surface area contributed by atoms with E-state index in [0.29, 0.717) is 28.5 Å². The monoisotopic (exact) mass is 459 g/mol. The normalized spacial score (nSPS) is 19.4. The Morgan fingerprint density at radius 2 is 1.81 bits per heavy atom. The van der Waals surface area contributed by atoms with Crippen LogP contribution in [0.15, 0.2) is 59.5 Å². The highest BCUT2D eigenvalue weighted by molar-refractivity contribution is 7.92. The fourth-order valence-electron chi connectivity index (χ4n) is 4.10. The Morgan fingerprint density at radius 3 is 2.52 bits per heavy atom. The molecule has 0 amide bonds. The molecule has 0 spiro atoms. The van der Waals surface area contributed by atoms with E-state index < -0.39 is 10.0 Å². The number of fused-ring (bicyclic) bond motifs is 1. The molecule has 8 heteroatoms. The van der Waals surface area contributed by atoms with Gasteiger partial charge in [-0.05, 0) is 55.6 Å². The Labute approximate surface area is 188 Å². The molecule has 2 unspecified atom stereocenters. The lowest BCUT2D eigenvalue weighted by Crippen LogP contribution is -2.54. The minimum absolute atomic E-state index is 0.166. The van der Waals surface area contributed by atoms with Crippen LogP contribution in [0.25, 0.3) is 10.8 Å². The molecule has 0 bridgehead atoms. The van der Waals surface area contributed by atoms with Gasteiger partial charge in [-0.2, -0.15) is 0 Å². The lowest BCUT2D eigenvalue weighted by Gasteiger charge is -2.38. The van der Waals surface area contributed by atoms with Gasteiger partial charge in [0, 0.05) is 41.3 Å². The average molecular weight is 460 g/mol. The van der Waals surface area contributed by atoms with E-state index in [9.17, 15) is 8.42 Å². The minimum Gasteiger partial charge on any atom is -0.495 e. The predicted molar refractivity (Wildman–Crippen MR) is 127 cm³/mol. The molecule has 0 aliphatic carbocycles. The first-order valence-corrected chi connectivity index (χ1v) is 12.0. The van der Waals surface area contributed by atoms with E-state index >= 15 is 0 Å². The summed E-state index contributed by atoms with van der Waals surface area (Å²) in [4.78, 5) is 2.42. The quantitative estimate of drug-likeness (QED) is 0.588. The van der Waals surface area contributed by atoms with Crippen LogP contribution in [0.4, 0.5) is 11.4 Å². The molecule has 3 aromatic carbocycles. The molecule has 4 rings (SSSR count). The molecule has 1 aliphatic rings. The molecule has 6 nitrogen and oxygen atoms in total. The summed E-state index contributed by atoms with van der Waals surface area (Å²) in [5.74, 6) is 0.465. The maximum absolute atomic E-state index is 13.2. The van der Waals surface area contributed by atoms with E-state index in [1.807, 2.05) is 18.2 Å². The van der Waals surface area contributed by atoms with E-state index in [1.165, 1.54) is 7.11 Å². The van der Waals surface area contributed by atoms with E-state index in [1.54, 1.807) is 36.4 Å². The maximum Gasteiger partial charge on any atom is 0.262 e. The zero-order chi connectivity index (χ0) is 22.2. The van der Waals surface area contributed by atoms with Crippen LogP contribution < -0.4 is 19.7 Å². The highest BCUT2D eigenvalue weighted by atomic mass is 35.5. The summed E-state index contributed by atoms with van der Waals surface area (Å²) in [5, 5.41) is 5.67. The molecule has 0 saturated carbocycles. The number of ether oxygens (including phenoxy) is 1. The molecule has 1 heterocycles. The molecule has 1 fully saturated rings. The third-order valence-electron chi connectivity index (χ3n) is 5.46. The van der Waals surface area contributed by atoms with Crippen LogP contribution >= 0.6 is 11.6 Å². The summed E-state index contributed by atoms with van der Waals surface area (Å²) in [7, 11) is -2.30. The van der Waals surface area contributed by atoms with Gasteiger partial charge in [-0.3, -0.25) is 4.72 Å². The molecular formula is C23H26ClN3O3S. The smallest absolute Gasteiger partial charge is 0.262 e. The van der Waals surface area contributed by atoms with Crippen molar-refractivity contribution >= 4 is 43.8 Å². The summed E-state index contributed by atoms with van der Waals surface area (Å²) < 4.78 is 34.5. The second kappa shape index (κ2) is 8.57. The van der Waals surface area contributed by atoms with Crippen LogP contribution in [-0.4, -0.2) is 40.7 Å². The first kappa shape index (κ1) is 21.7. The number of hydrogen-bond acceptors (Lipinski definition) is 5. The highest BCUT2D eigenvalue weighted by Gasteiger charge is 2.23. The largest absolute Gasteiger partial charge is 0.495 e. The minimum atomic E-state index is -3.82. The molecule has 0 aromatic heterocycles. The molecule has 31 heavy (non-hydrogen) atoms. The first-order valence-electron chi connectivity index (χ1n) is 10.2. The SMILES string of the molecule is COc1ccc(N2CC(C)NC(C)C2)cc1NS(=O)(=O)c1ccc2c(Cl)cccc2c1. The van der Waals surface area contributed by atoms with Gasteiger partial charge < -0.3 is 15.0 Å². The summed E-state index contributed by atoms with van der Waals surface area (Å²) in [5.41, 5.74) is 1.36. The fraction of sp³-hybridized carbons (Fsp3) is 0.304. The van der Waals surface area contributed by atoms with Crippen LogP contribution in [-0.2, 0) is 10.0 Å². The number of methoxy groups -OCH3 is 1. The van der Waals surface area contributed by atoms with Gasteiger partial charge in [-0.1, -0.05) is 29.8 Å². The number of piperazine rings is 1. The average Bonchev–Trinajstić information content (AvgIpc) is 2.72. The summed E-state index contributed by atoms with van der Waals surface area (Å²) in [6.07, 6.45) is 0. The van der Waals surface area contributed by atoms with Crippen molar-refractivity contribution in [3.05, 3.63) is 59.6 Å². The lowest BCUT2D eigenvalue weighted by atomic mass is 10.1. The summed E-state index contributed by atoms with van der Waals surface area (Å²) >= 11 is 6.21. The van der Waals surface area contributed by atoms with Crippen LogP contribution in [0.3, 0.4) is 0 Å². The lowest BCUT2D eigenvalue weighted by molar-refractivity contribution is 0.406. The molecular weight excluding hydrogens is 434 g/mol. The van der Waals surface area contributed by atoms with Gasteiger partial charge in [0.05, 0.1) is 17.7 Å². The van der Waals surface area contributed by atoms with Gasteiger partial charge >= 0.3 is 0 Å². The number of halogens is 1. The van der Waals surface area contributed by atoms with Crippen molar-refractivity contribution < 1.29 is 13.2 Å². The summed E-state index contributed by atoms with van der Waals surface area (Å²) in [6, 6.07) is 16.6. The van der Waals surface area contributed by atoms with Crippen molar-refractivity contribution in [3.8, 4) is 5.75 Å². The second-order valence-corrected chi connectivity index (χ2v) is 10.1. The number of rotatable bonds is 5. The number of nitrogens with zero attached hydrogens (tertiary/aromatic N) is 1. The number of benzene rings is 3. The van der Waals surface area contributed by atoms with E-state index in [2.05, 4.69) is 28.8 Å². The molecule has 2 atom stereocenters. The summed E-state index contributed by atoms with van der Waals surface area (Å²) in [6.45, 7) is 5.96. The Bertz CT molecular complexity index is 1210. The number of hydrogen-bond donors (Lipinski definition) is 2. The molecule has 1 aliphatic heterocycles. The Morgan fingerprint density at radius 1 is 1.06 bits per heavy atom. The number of sulfonamides is 1. The first-order chi connectivity index (χ1) is 14.8. The van der Waals surface area contributed by atoms with Crippen molar-refractivity contribution in [1.29, 1.82) is 0 Å². The van der Waals surface area contributed by atoms with Gasteiger partial charge in [-0.25, -0.2) is 8.42 Å². The van der Waals surface area contributed by atoms with Crippen molar-refractivity contribution in [2.24, 2.45) is 0 Å². The van der Waals surface area contributed by atoms with Gasteiger partial charge in [0.1, 0.15) is 5.75 Å². The number of anilines is 2. The van der Waals surface area contributed by atoms with Crippen LogP contribution in [0, 0.1) is 0 Å². The maximum atomic E-state index is 13.2. The van der Waals surface area contributed by atoms with Crippen LogP contribution in [0.2, 0.25) is 5.02 Å². The number of nitrogens with one attached hydrogen (secondary N) is 2. The molecule has 1 saturated heterocycles. The molecule has 3 aromatic rings. The Hall–Kier alpha value is -2.48. The Balaban J connectivity index is 1.67. The van der Waals surface area contributed by atoms with Gasteiger partial charge in [0.2, 0.25) is 0 Å². The fourth-order valence-corrected chi connectivity index (χ4v) is 5.44. The van der Waals surface area contributed by atoms with Crippen LogP contribution in [0.5, 0.6) is 5.75 Å². The predicted octanol–water partition coefficient (Wildman–Crippen LogP) is 4.49. The van der Waals surface area contributed by atoms with E-state index in [0.717, 1.165) is 29.5 Å². The molecule has 164 valence electrons. The van der Waals surface area contributed by atoms with Crippen LogP contribution in [0.1, 0.15) is 13.8 Å². The van der Waals surface area contributed by atoms with Crippen molar-refractivity contribution in [2.45, 2.75) is 30.8 Å². The van der Waals surface area contributed by atoms with Crippen molar-refractivity contribution in [2.75, 3.05) is 29.8 Å². The van der Waals surface area contributed by atoms with Gasteiger partial charge in [-0.15, -0.1) is 0 Å². The Kier molecular flexibility index (Phi) is 6.01. The topological polar surface area (TPSA) is 70.7 Å². The van der Waals surface area contributed by atoms with Crippen molar-refractivity contribution in [1.82, 2.24) is 5.32 Å². The van der Waals surface area contributed by atoms with E-state index in [4.69, 9.17) is 16.3 Å². The van der Waals surface area contributed by atoms with E-state index in [-0.39, 0.29) is 4.90 Å². The van der Waals surface area contributed by atoms with Gasteiger partial charge in [0.15, 0.2) is 0 Å². The van der Waals surface area contributed by atoms with Gasteiger partial charge in [0.25, 0.3) is 10.0 Å². The highest BCUT2D eigenvalue weighted by Crippen LogP contribution is 2.33. The zero-order valence-corrected chi connectivity index (χ0v) is 19.3. The van der Waals surface area contributed by atoms with Crippen molar-refractivity contribution in [3.63, 3.8) is 0 Å². The zero-order valence-electron chi connectivity index (χ0n) is 17.7. The third kappa shape index (κ3) is 4.59.